The largest absolute Gasteiger partial charge is 0.489 e. The second-order valence-corrected chi connectivity index (χ2v) is 7.74. The van der Waals surface area contributed by atoms with Gasteiger partial charge in [-0.25, -0.2) is 0 Å². The van der Waals surface area contributed by atoms with Gasteiger partial charge in [0.15, 0.2) is 5.96 Å². The van der Waals surface area contributed by atoms with Crippen LogP contribution in [0.3, 0.4) is 0 Å². The number of guanidine groups is 1. The number of hydrogen-bond donors (Lipinski definition) is 2. The molecule has 0 saturated heterocycles. The molecule has 0 aliphatic heterocycles. The molecule has 0 bridgehead atoms. The van der Waals surface area contributed by atoms with E-state index in [-0.39, 0.29) is 17.4 Å². The Morgan fingerprint density at radius 2 is 2.00 bits per heavy atom. The van der Waals surface area contributed by atoms with Gasteiger partial charge < -0.3 is 20.3 Å². The SMILES string of the molecule is CN=C(NCC(C)Oc1cccc(C)c1)NCC1(C(=O)N(C)C)CCCC1. The fourth-order valence-electron chi connectivity index (χ4n) is 3.67. The Labute approximate surface area is 163 Å². The summed E-state index contributed by atoms with van der Waals surface area (Å²) in [5, 5.41) is 6.65. The molecule has 0 aromatic heterocycles. The first-order valence-corrected chi connectivity index (χ1v) is 9.76. The summed E-state index contributed by atoms with van der Waals surface area (Å²) >= 11 is 0. The van der Waals surface area contributed by atoms with E-state index in [9.17, 15) is 4.79 Å². The molecule has 1 unspecified atom stereocenters. The number of amides is 1. The van der Waals surface area contributed by atoms with E-state index in [1.165, 1.54) is 5.56 Å². The summed E-state index contributed by atoms with van der Waals surface area (Å²) in [7, 11) is 5.41. The van der Waals surface area contributed by atoms with Crippen molar-refractivity contribution in [3.05, 3.63) is 29.8 Å². The topological polar surface area (TPSA) is 66.0 Å². The molecule has 6 nitrogen and oxygen atoms in total. The fourth-order valence-corrected chi connectivity index (χ4v) is 3.67. The van der Waals surface area contributed by atoms with Crippen molar-refractivity contribution in [2.45, 2.75) is 45.6 Å². The molecule has 2 N–H and O–H groups in total. The number of carbonyl (C=O) groups is 1. The van der Waals surface area contributed by atoms with Gasteiger partial charge in [0.05, 0.1) is 12.0 Å². The highest BCUT2D eigenvalue weighted by Crippen LogP contribution is 2.38. The third kappa shape index (κ3) is 5.88. The zero-order valence-electron chi connectivity index (χ0n) is 17.3. The van der Waals surface area contributed by atoms with E-state index in [1.807, 2.05) is 39.2 Å². The van der Waals surface area contributed by atoms with Crippen LogP contribution in [0.4, 0.5) is 0 Å². The van der Waals surface area contributed by atoms with Gasteiger partial charge in [-0.1, -0.05) is 25.0 Å². The molecule has 1 atom stereocenters. The molecular formula is C21H34N4O2. The maximum absolute atomic E-state index is 12.7. The molecule has 1 aliphatic rings. The minimum atomic E-state index is -0.315. The Hall–Kier alpha value is -2.24. The molecule has 27 heavy (non-hydrogen) atoms. The van der Waals surface area contributed by atoms with Crippen LogP contribution in [-0.2, 0) is 4.79 Å². The van der Waals surface area contributed by atoms with Crippen molar-refractivity contribution in [1.29, 1.82) is 0 Å². The van der Waals surface area contributed by atoms with Gasteiger partial charge >= 0.3 is 0 Å². The Balaban J connectivity index is 1.85. The number of aliphatic imine (C=N–C) groups is 1. The molecule has 0 heterocycles. The third-order valence-electron chi connectivity index (χ3n) is 5.12. The summed E-state index contributed by atoms with van der Waals surface area (Å²) in [6, 6.07) is 8.04. The molecule has 1 aliphatic carbocycles. The second-order valence-electron chi connectivity index (χ2n) is 7.74. The molecule has 0 spiro atoms. The van der Waals surface area contributed by atoms with Crippen LogP contribution in [0.2, 0.25) is 0 Å². The lowest BCUT2D eigenvalue weighted by molar-refractivity contribution is -0.138. The monoisotopic (exact) mass is 374 g/mol. The van der Waals surface area contributed by atoms with Crippen molar-refractivity contribution in [1.82, 2.24) is 15.5 Å². The van der Waals surface area contributed by atoms with Crippen LogP contribution >= 0.6 is 0 Å². The van der Waals surface area contributed by atoms with Gasteiger partial charge in [-0.3, -0.25) is 9.79 Å². The quantitative estimate of drug-likeness (QED) is 0.569. The van der Waals surface area contributed by atoms with Crippen molar-refractivity contribution in [2.24, 2.45) is 10.4 Å². The number of aryl methyl sites for hydroxylation is 1. The van der Waals surface area contributed by atoms with E-state index in [4.69, 9.17) is 4.74 Å². The van der Waals surface area contributed by atoms with Gasteiger partial charge in [-0.15, -0.1) is 0 Å². The number of nitrogens with one attached hydrogen (secondary N) is 2. The average Bonchev–Trinajstić information content (AvgIpc) is 3.11. The van der Waals surface area contributed by atoms with Gasteiger partial charge in [-0.2, -0.15) is 0 Å². The molecule has 0 radical (unpaired) electrons. The molecule has 1 amide bonds. The summed E-state index contributed by atoms with van der Waals surface area (Å²) in [4.78, 5) is 18.7. The number of ether oxygens (including phenoxy) is 1. The molecule has 1 saturated carbocycles. The van der Waals surface area contributed by atoms with Crippen LogP contribution in [0.1, 0.15) is 38.2 Å². The highest BCUT2D eigenvalue weighted by Gasteiger charge is 2.42. The first-order chi connectivity index (χ1) is 12.9. The first-order valence-electron chi connectivity index (χ1n) is 9.76. The lowest BCUT2D eigenvalue weighted by Crippen LogP contribution is -2.50. The summed E-state index contributed by atoms with van der Waals surface area (Å²) in [6.07, 6.45) is 4.07. The molecule has 1 aromatic rings. The van der Waals surface area contributed by atoms with E-state index in [0.717, 1.165) is 31.4 Å². The smallest absolute Gasteiger partial charge is 0.230 e. The number of carbonyl (C=O) groups excluding carboxylic acids is 1. The Bertz CT molecular complexity index is 651. The maximum atomic E-state index is 12.7. The third-order valence-corrected chi connectivity index (χ3v) is 5.12. The standard InChI is InChI=1S/C21H34N4O2/c1-16-9-8-10-18(13-16)27-17(2)14-23-20(22-3)24-15-21(11-6-7-12-21)19(26)25(4)5/h8-10,13,17H,6-7,11-12,14-15H2,1-5H3,(H2,22,23,24). The number of rotatable bonds is 7. The maximum Gasteiger partial charge on any atom is 0.230 e. The molecular weight excluding hydrogens is 340 g/mol. The average molecular weight is 375 g/mol. The van der Waals surface area contributed by atoms with E-state index in [0.29, 0.717) is 19.0 Å². The molecule has 6 heteroatoms. The highest BCUT2D eigenvalue weighted by molar-refractivity contribution is 5.85. The van der Waals surface area contributed by atoms with Crippen molar-refractivity contribution in [3.63, 3.8) is 0 Å². The summed E-state index contributed by atoms with van der Waals surface area (Å²) in [6.45, 7) is 5.31. The normalized spacial score (nSPS) is 17.3. The van der Waals surface area contributed by atoms with Gasteiger partial charge in [0.1, 0.15) is 11.9 Å². The van der Waals surface area contributed by atoms with Crippen molar-refractivity contribution in [2.75, 3.05) is 34.2 Å². The van der Waals surface area contributed by atoms with Crippen molar-refractivity contribution < 1.29 is 9.53 Å². The van der Waals surface area contributed by atoms with Crippen LogP contribution in [0.15, 0.2) is 29.3 Å². The first kappa shape index (κ1) is 21.1. The summed E-state index contributed by atoms with van der Waals surface area (Å²) in [5.41, 5.74) is 0.864. The summed E-state index contributed by atoms with van der Waals surface area (Å²) < 4.78 is 5.95. The minimum Gasteiger partial charge on any atom is -0.489 e. The van der Waals surface area contributed by atoms with Crippen LogP contribution in [0.25, 0.3) is 0 Å². The van der Waals surface area contributed by atoms with E-state index < -0.39 is 0 Å². The van der Waals surface area contributed by atoms with E-state index in [1.54, 1.807) is 11.9 Å². The predicted octanol–water partition coefficient (Wildman–Crippen LogP) is 2.58. The Morgan fingerprint density at radius 3 is 2.59 bits per heavy atom. The highest BCUT2D eigenvalue weighted by atomic mass is 16.5. The van der Waals surface area contributed by atoms with Crippen molar-refractivity contribution in [3.8, 4) is 5.75 Å². The zero-order chi connectivity index (χ0) is 19.9. The molecule has 150 valence electrons. The summed E-state index contributed by atoms with van der Waals surface area (Å²) in [5.74, 6) is 1.78. The molecule has 2 rings (SSSR count). The molecule has 1 fully saturated rings. The fraction of sp³-hybridized carbons (Fsp3) is 0.619. The van der Waals surface area contributed by atoms with Crippen LogP contribution < -0.4 is 15.4 Å². The minimum absolute atomic E-state index is 0.00537. The molecule has 1 aromatic carbocycles. The second kappa shape index (κ2) is 9.62. The number of nitrogens with zero attached hydrogens (tertiary/aromatic N) is 2. The van der Waals surface area contributed by atoms with Crippen LogP contribution in [-0.4, -0.2) is 57.1 Å². The number of benzene rings is 1. The predicted molar refractivity (Wildman–Crippen MR) is 110 cm³/mol. The van der Waals surface area contributed by atoms with Gasteiger partial charge in [0, 0.05) is 27.7 Å². The zero-order valence-corrected chi connectivity index (χ0v) is 17.3. The Morgan fingerprint density at radius 1 is 1.30 bits per heavy atom. The van der Waals surface area contributed by atoms with Crippen LogP contribution in [0.5, 0.6) is 5.75 Å². The Kier molecular flexibility index (Phi) is 7.51. The van der Waals surface area contributed by atoms with Gasteiger partial charge in [0.2, 0.25) is 5.91 Å². The van der Waals surface area contributed by atoms with Crippen LogP contribution in [0, 0.1) is 12.3 Å². The van der Waals surface area contributed by atoms with E-state index in [2.05, 4.69) is 28.6 Å². The van der Waals surface area contributed by atoms with Gasteiger partial charge in [-0.05, 0) is 44.4 Å². The van der Waals surface area contributed by atoms with Crippen molar-refractivity contribution >= 4 is 11.9 Å². The van der Waals surface area contributed by atoms with Gasteiger partial charge in [0.25, 0.3) is 0 Å². The lowest BCUT2D eigenvalue weighted by atomic mass is 9.84. The number of hydrogen-bond acceptors (Lipinski definition) is 3. The van der Waals surface area contributed by atoms with E-state index >= 15 is 0 Å². The lowest BCUT2D eigenvalue weighted by Gasteiger charge is -2.31.